The molecule has 2 amide bonds. The standard InChI is InChI=1S/C20H22N6O3S2/c1-12-6-4-5-7-16(12)26-20(23-24-25-26)30-11-19(29)22-21-18(28)9-8-17(27)15-10-13(2)31-14(15)3/h4-7,10H,8-9,11H2,1-3H3,(H,21,28)(H,22,29). The highest BCUT2D eigenvalue weighted by molar-refractivity contribution is 7.99. The molecule has 0 bridgehead atoms. The second-order valence-corrected chi connectivity index (χ2v) is 9.20. The maximum atomic E-state index is 12.2. The molecule has 3 rings (SSSR count). The second kappa shape index (κ2) is 10.3. The van der Waals surface area contributed by atoms with Crippen molar-refractivity contribution in [3.8, 4) is 5.69 Å². The van der Waals surface area contributed by atoms with Crippen LogP contribution < -0.4 is 10.9 Å². The summed E-state index contributed by atoms with van der Waals surface area (Å²) in [4.78, 5) is 38.3. The van der Waals surface area contributed by atoms with E-state index in [1.165, 1.54) is 0 Å². The lowest BCUT2D eigenvalue weighted by atomic mass is 10.1. The van der Waals surface area contributed by atoms with Crippen LogP contribution in [0.15, 0.2) is 35.5 Å². The number of hydrogen-bond donors (Lipinski definition) is 2. The minimum Gasteiger partial charge on any atom is -0.294 e. The first-order valence-electron chi connectivity index (χ1n) is 9.50. The SMILES string of the molecule is Cc1cc(C(=O)CCC(=O)NNC(=O)CSc2nnnn2-c2ccccc2C)c(C)s1. The Bertz CT molecular complexity index is 1110. The number of carbonyl (C=O) groups is 3. The molecule has 0 aliphatic carbocycles. The normalized spacial score (nSPS) is 10.7. The number of hydrogen-bond acceptors (Lipinski definition) is 8. The zero-order chi connectivity index (χ0) is 22.4. The van der Waals surface area contributed by atoms with Gasteiger partial charge in [0.05, 0.1) is 11.4 Å². The van der Waals surface area contributed by atoms with Gasteiger partial charge in [-0.15, -0.1) is 16.4 Å². The van der Waals surface area contributed by atoms with Crippen molar-refractivity contribution in [2.45, 2.75) is 38.8 Å². The topological polar surface area (TPSA) is 119 Å². The largest absolute Gasteiger partial charge is 0.294 e. The fourth-order valence-corrected chi connectivity index (χ4v) is 4.48. The van der Waals surface area contributed by atoms with E-state index in [0.717, 1.165) is 32.8 Å². The molecule has 0 aliphatic rings. The van der Waals surface area contributed by atoms with Gasteiger partial charge in [0, 0.05) is 28.2 Å². The summed E-state index contributed by atoms with van der Waals surface area (Å²) in [5, 5.41) is 12.1. The number of para-hydroxylation sites is 1. The number of amides is 2. The molecule has 162 valence electrons. The van der Waals surface area contributed by atoms with Crippen LogP contribution in [0.1, 0.15) is 38.5 Å². The van der Waals surface area contributed by atoms with Crippen LogP contribution in [0.2, 0.25) is 0 Å². The van der Waals surface area contributed by atoms with E-state index in [4.69, 9.17) is 0 Å². The van der Waals surface area contributed by atoms with Crippen molar-refractivity contribution in [2.24, 2.45) is 0 Å². The van der Waals surface area contributed by atoms with Gasteiger partial charge in [-0.2, -0.15) is 4.68 Å². The molecule has 0 spiro atoms. The van der Waals surface area contributed by atoms with Crippen molar-refractivity contribution in [3.05, 3.63) is 51.2 Å². The van der Waals surface area contributed by atoms with E-state index in [1.807, 2.05) is 51.1 Å². The smallest absolute Gasteiger partial charge is 0.248 e. The molecule has 3 aromatic rings. The van der Waals surface area contributed by atoms with Crippen molar-refractivity contribution in [1.29, 1.82) is 0 Å². The molecule has 31 heavy (non-hydrogen) atoms. The summed E-state index contributed by atoms with van der Waals surface area (Å²) in [7, 11) is 0. The van der Waals surface area contributed by atoms with Crippen molar-refractivity contribution in [3.63, 3.8) is 0 Å². The average molecular weight is 459 g/mol. The monoisotopic (exact) mass is 458 g/mol. The maximum absolute atomic E-state index is 12.2. The van der Waals surface area contributed by atoms with Crippen LogP contribution in [0, 0.1) is 20.8 Å². The third-order valence-corrected chi connectivity index (χ3v) is 6.26. The molecule has 1 aromatic carbocycles. The van der Waals surface area contributed by atoms with Crippen molar-refractivity contribution < 1.29 is 14.4 Å². The number of thiophene rings is 1. The zero-order valence-corrected chi connectivity index (χ0v) is 19.0. The van der Waals surface area contributed by atoms with E-state index in [0.29, 0.717) is 10.7 Å². The van der Waals surface area contributed by atoms with E-state index < -0.39 is 11.8 Å². The summed E-state index contributed by atoms with van der Waals surface area (Å²) < 4.78 is 1.56. The Morgan fingerprint density at radius 2 is 1.81 bits per heavy atom. The minimum absolute atomic E-state index is 0.00782. The first-order valence-corrected chi connectivity index (χ1v) is 11.3. The van der Waals surface area contributed by atoms with E-state index in [9.17, 15) is 14.4 Å². The Hall–Kier alpha value is -3.05. The second-order valence-electron chi connectivity index (χ2n) is 6.79. The van der Waals surface area contributed by atoms with Crippen molar-refractivity contribution in [2.75, 3.05) is 5.75 Å². The molecule has 2 heterocycles. The molecule has 0 saturated carbocycles. The summed E-state index contributed by atoms with van der Waals surface area (Å²) in [5.74, 6) is -0.907. The number of ketones is 1. The molecule has 0 atom stereocenters. The van der Waals surface area contributed by atoms with Crippen LogP contribution in [0.5, 0.6) is 0 Å². The third kappa shape index (κ3) is 5.98. The minimum atomic E-state index is -0.430. The van der Waals surface area contributed by atoms with Gasteiger partial charge in [0.15, 0.2) is 5.78 Å². The molecule has 2 aromatic heterocycles. The van der Waals surface area contributed by atoms with Gasteiger partial charge in [-0.05, 0) is 48.9 Å². The Morgan fingerprint density at radius 3 is 2.52 bits per heavy atom. The number of hydrazine groups is 1. The van der Waals surface area contributed by atoms with E-state index >= 15 is 0 Å². The van der Waals surface area contributed by atoms with E-state index in [-0.39, 0.29) is 24.4 Å². The Kier molecular flexibility index (Phi) is 7.53. The number of aromatic nitrogens is 4. The number of benzene rings is 1. The Morgan fingerprint density at radius 1 is 1.06 bits per heavy atom. The number of thioether (sulfide) groups is 1. The van der Waals surface area contributed by atoms with E-state index in [1.54, 1.807) is 16.0 Å². The number of Topliss-reactive ketones (excluding diaryl/α,β-unsaturated/α-hetero) is 1. The highest BCUT2D eigenvalue weighted by atomic mass is 32.2. The predicted molar refractivity (Wildman–Crippen MR) is 118 cm³/mol. The highest BCUT2D eigenvalue weighted by Gasteiger charge is 2.15. The first kappa shape index (κ1) is 22.6. The molecule has 0 fully saturated rings. The molecule has 0 radical (unpaired) electrons. The fraction of sp³-hybridized carbons (Fsp3) is 0.300. The molecule has 0 aliphatic heterocycles. The number of aryl methyl sites for hydroxylation is 3. The number of nitrogens with zero attached hydrogens (tertiary/aromatic N) is 4. The number of nitrogens with one attached hydrogen (secondary N) is 2. The van der Waals surface area contributed by atoms with Crippen molar-refractivity contribution >= 4 is 40.7 Å². The van der Waals surface area contributed by atoms with Crippen LogP contribution in [0.3, 0.4) is 0 Å². The van der Waals surface area contributed by atoms with Gasteiger partial charge in [0.25, 0.3) is 0 Å². The van der Waals surface area contributed by atoms with Gasteiger partial charge >= 0.3 is 0 Å². The number of tetrazole rings is 1. The highest BCUT2D eigenvalue weighted by Crippen LogP contribution is 2.22. The predicted octanol–water partition coefficient (Wildman–Crippen LogP) is 2.55. The third-order valence-electron chi connectivity index (χ3n) is 4.38. The van der Waals surface area contributed by atoms with Crippen LogP contribution in [-0.4, -0.2) is 43.6 Å². The summed E-state index contributed by atoms with van der Waals surface area (Å²) in [6.07, 6.45) is 0.0742. The molecule has 11 heteroatoms. The summed E-state index contributed by atoms with van der Waals surface area (Å²) in [6.45, 7) is 5.77. The lowest BCUT2D eigenvalue weighted by Crippen LogP contribution is -2.42. The maximum Gasteiger partial charge on any atom is 0.248 e. The molecule has 2 N–H and O–H groups in total. The number of carbonyl (C=O) groups excluding carboxylic acids is 3. The summed E-state index contributed by atoms with van der Waals surface area (Å²) in [5.41, 5.74) is 7.16. The fourth-order valence-electron chi connectivity index (χ4n) is 2.86. The molecule has 0 unspecified atom stereocenters. The zero-order valence-electron chi connectivity index (χ0n) is 17.3. The van der Waals surface area contributed by atoms with Gasteiger partial charge in [-0.1, -0.05) is 30.0 Å². The van der Waals surface area contributed by atoms with Gasteiger partial charge in [-0.25, -0.2) is 0 Å². The average Bonchev–Trinajstić information content (AvgIpc) is 3.34. The number of rotatable bonds is 8. The van der Waals surface area contributed by atoms with E-state index in [2.05, 4.69) is 26.4 Å². The first-order chi connectivity index (χ1) is 14.8. The van der Waals surface area contributed by atoms with Crippen LogP contribution in [0.4, 0.5) is 0 Å². The van der Waals surface area contributed by atoms with Gasteiger partial charge in [0.1, 0.15) is 0 Å². The van der Waals surface area contributed by atoms with Crippen molar-refractivity contribution in [1.82, 2.24) is 31.1 Å². The Balaban J connectivity index is 1.43. The molecular weight excluding hydrogens is 436 g/mol. The van der Waals surface area contributed by atoms with Crippen LogP contribution in [0.25, 0.3) is 5.69 Å². The lowest BCUT2D eigenvalue weighted by Gasteiger charge is -2.08. The summed E-state index contributed by atoms with van der Waals surface area (Å²) in [6, 6.07) is 9.47. The van der Waals surface area contributed by atoms with Gasteiger partial charge < -0.3 is 0 Å². The molecule has 0 saturated heterocycles. The van der Waals surface area contributed by atoms with Gasteiger partial charge in [-0.3, -0.25) is 25.2 Å². The Labute approximate surface area is 187 Å². The summed E-state index contributed by atoms with van der Waals surface area (Å²) >= 11 is 2.70. The van der Waals surface area contributed by atoms with Crippen LogP contribution >= 0.6 is 23.1 Å². The van der Waals surface area contributed by atoms with Crippen LogP contribution in [-0.2, 0) is 9.59 Å². The lowest BCUT2D eigenvalue weighted by molar-refractivity contribution is -0.127. The molecular formula is C20H22N6O3S2. The van der Waals surface area contributed by atoms with Gasteiger partial charge in [0.2, 0.25) is 17.0 Å². The molecule has 9 nitrogen and oxygen atoms in total. The quantitative estimate of drug-likeness (QED) is 0.302.